The summed E-state index contributed by atoms with van der Waals surface area (Å²) < 4.78 is 0. The van der Waals surface area contributed by atoms with Gasteiger partial charge in [-0.05, 0) is 25.8 Å². The molecule has 0 aliphatic heterocycles. The first-order valence-corrected chi connectivity index (χ1v) is 5.61. The predicted molar refractivity (Wildman–Crippen MR) is 65.5 cm³/mol. The van der Waals surface area contributed by atoms with Crippen molar-refractivity contribution in [1.29, 1.82) is 0 Å². The van der Waals surface area contributed by atoms with Gasteiger partial charge in [-0.25, -0.2) is 4.98 Å². The lowest BCUT2D eigenvalue weighted by atomic mass is 10.1. The molecule has 0 fully saturated rings. The quantitative estimate of drug-likeness (QED) is 0.680. The zero-order valence-corrected chi connectivity index (χ0v) is 10.1. The van der Waals surface area contributed by atoms with E-state index in [4.69, 9.17) is 5.11 Å². The molecule has 0 aromatic carbocycles. The van der Waals surface area contributed by atoms with Gasteiger partial charge in [0.25, 0.3) is 0 Å². The second kappa shape index (κ2) is 6.27. The molecule has 5 nitrogen and oxygen atoms in total. The smallest absolute Gasteiger partial charge is 0.224 e. The van der Waals surface area contributed by atoms with Crippen LogP contribution in [0.2, 0.25) is 0 Å². The van der Waals surface area contributed by atoms with Crippen LogP contribution in [0.3, 0.4) is 0 Å². The monoisotopic (exact) mass is 224 g/mol. The van der Waals surface area contributed by atoms with Crippen molar-refractivity contribution in [2.45, 2.75) is 26.8 Å². The van der Waals surface area contributed by atoms with E-state index in [0.29, 0.717) is 5.95 Å². The fourth-order valence-corrected chi connectivity index (χ4v) is 1.22. The highest BCUT2D eigenvalue weighted by atomic mass is 16.3. The fourth-order valence-electron chi connectivity index (χ4n) is 1.22. The van der Waals surface area contributed by atoms with Crippen LogP contribution in [0.1, 0.15) is 20.8 Å². The molecule has 0 spiro atoms. The first-order chi connectivity index (χ1) is 7.67. The van der Waals surface area contributed by atoms with Crippen LogP contribution < -0.4 is 10.6 Å². The first kappa shape index (κ1) is 12.7. The van der Waals surface area contributed by atoms with Crippen LogP contribution in [-0.4, -0.2) is 34.3 Å². The van der Waals surface area contributed by atoms with Crippen LogP contribution in [0.5, 0.6) is 0 Å². The van der Waals surface area contributed by atoms with Gasteiger partial charge in [-0.1, -0.05) is 6.92 Å². The van der Waals surface area contributed by atoms with Crippen molar-refractivity contribution in [3.8, 4) is 0 Å². The lowest BCUT2D eigenvalue weighted by Crippen LogP contribution is -2.26. The highest BCUT2D eigenvalue weighted by Crippen LogP contribution is 2.11. The third kappa shape index (κ3) is 3.66. The van der Waals surface area contributed by atoms with Crippen molar-refractivity contribution in [1.82, 2.24) is 9.97 Å². The van der Waals surface area contributed by atoms with Crippen molar-refractivity contribution in [3.05, 3.63) is 12.3 Å². The molecule has 90 valence electrons. The van der Waals surface area contributed by atoms with Crippen molar-refractivity contribution >= 4 is 11.8 Å². The molecule has 1 heterocycles. The topological polar surface area (TPSA) is 70.1 Å². The summed E-state index contributed by atoms with van der Waals surface area (Å²) >= 11 is 0. The molecule has 0 saturated carbocycles. The summed E-state index contributed by atoms with van der Waals surface area (Å²) in [5.41, 5.74) is 0. The maximum atomic E-state index is 9.04. The minimum atomic E-state index is 0.166. The predicted octanol–water partition coefficient (Wildman–Crippen LogP) is 1.34. The van der Waals surface area contributed by atoms with Crippen LogP contribution in [0.15, 0.2) is 12.3 Å². The van der Waals surface area contributed by atoms with Crippen molar-refractivity contribution in [2.75, 3.05) is 23.8 Å². The van der Waals surface area contributed by atoms with Gasteiger partial charge in [-0.2, -0.15) is 4.98 Å². The summed E-state index contributed by atoms with van der Waals surface area (Å²) in [6, 6.07) is 2.00. The van der Waals surface area contributed by atoms with Gasteiger partial charge in [0.1, 0.15) is 5.82 Å². The number of nitrogens with one attached hydrogen (secondary N) is 2. The van der Waals surface area contributed by atoms with Gasteiger partial charge in [0.15, 0.2) is 0 Å². The fraction of sp³-hybridized carbons (Fsp3) is 0.636. The maximum Gasteiger partial charge on any atom is 0.224 e. The van der Waals surface area contributed by atoms with E-state index in [2.05, 4.69) is 20.6 Å². The second-order valence-corrected chi connectivity index (χ2v) is 3.89. The summed E-state index contributed by atoms with van der Waals surface area (Å²) in [4.78, 5) is 8.39. The van der Waals surface area contributed by atoms with Gasteiger partial charge in [-0.15, -0.1) is 0 Å². The number of rotatable bonds is 6. The third-order valence-corrected chi connectivity index (χ3v) is 2.51. The minimum absolute atomic E-state index is 0.166. The van der Waals surface area contributed by atoms with Crippen molar-refractivity contribution < 1.29 is 5.11 Å². The average molecular weight is 224 g/mol. The van der Waals surface area contributed by atoms with Crippen LogP contribution in [-0.2, 0) is 0 Å². The minimum Gasteiger partial charge on any atom is -0.396 e. The van der Waals surface area contributed by atoms with Gasteiger partial charge in [0.05, 0.1) is 0 Å². The Morgan fingerprint density at radius 3 is 2.81 bits per heavy atom. The van der Waals surface area contributed by atoms with Crippen LogP contribution in [0.4, 0.5) is 11.8 Å². The van der Waals surface area contributed by atoms with E-state index in [1.807, 2.05) is 26.8 Å². The Morgan fingerprint density at radius 2 is 2.19 bits per heavy atom. The maximum absolute atomic E-state index is 9.04. The SMILES string of the molecule is CCNc1nccc(NC(C)C(C)CO)n1. The molecular weight excluding hydrogens is 204 g/mol. The lowest BCUT2D eigenvalue weighted by Gasteiger charge is -2.19. The molecule has 2 unspecified atom stereocenters. The second-order valence-electron chi connectivity index (χ2n) is 3.89. The van der Waals surface area contributed by atoms with E-state index in [1.54, 1.807) is 6.20 Å². The summed E-state index contributed by atoms with van der Waals surface area (Å²) in [5.74, 6) is 1.59. The molecule has 1 aromatic rings. The van der Waals surface area contributed by atoms with E-state index < -0.39 is 0 Å². The van der Waals surface area contributed by atoms with E-state index in [1.165, 1.54) is 0 Å². The Morgan fingerprint density at radius 1 is 1.44 bits per heavy atom. The number of aromatic nitrogens is 2. The highest BCUT2D eigenvalue weighted by Gasteiger charge is 2.11. The summed E-state index contributed by atoms with van der Waals surface area (Å²) in [7, 11) is 0. The molecule has 1 aromatic heterocycles. The zero-order valence-electron chi connectivity index (χ0n) is 10.1. The van der Waals surface area contributed by atoms with Crippen LogP contribution in [0.25, 0.3) is 0 Å². The van der Waals surface area contributed by atoms with Crippen molar-refractivity contribution in [2.24, 2.45) is 5.92 Å². The first-order valence-electron chi connectivity index (χ1n) is 5.61. The lowest BCUT2D eigenvalue weighted by molar-refractivity contribution is 0.226. The van der Waals surface area contributed by atoms with E-state index in [-0.39, 0.29) is 18.6 Å². The normalized spacial score (nSPS) is 14.2. The van der Waals surface area contributed by atoms with E-state index >= 15 is 0 Å². The van der Waals surface area contributed by atoms with Crippen LogP contribution in [0, 0.1) is 5.92 Å². The summed E-state index contributed by atoms with van der Waals surface area (Å²) in [6.45, 7) is 6.98. The summed E-state index contributed by atoms with van der Waals surface area (Å²) in [6.07, 6.45) is 1.71. The summed E-state index contributed by atoms with van der Waals surface area (Å²) in [5, 5.41) is 15.3. The van der Waals surface area contributed by atoms with Gasteiger partial charge in [0.2, 0.25) is 5.95 Å². The Balaban J connectivity index is 2.62. The Kier molecular flexibility index (Phi) is 4.98. The molecule has 0 saturated heterocycles. The molecule has 0 amide bonds. The Labute approximate surface area is 96.3 Å². The average Bonchev–Trinajstić information content (AvgIpc) is 2.29. The van der Waals surface area contributed by atoms with Gasteiger partial charge < -0.3 is 15.7 Å². The van der Waals surface area contributed by atoms with Gasteiger partial charge >= 0.3 is 0 Å². The number of nitrogens with zero attached hydrogens (tertiary/aromatic N) is 2. The van der Waals surface area contributed by atoms with Crippen molar-refractivity contribution in [3.63, 3.8) is 0 Å². The highest BCUT2D eigenvalue weighted by molar-refractivity contribution is 5.40. The molecule has 1 rings (SSSR count). The van der Waals surface area contributed by atoms with E-state index in [0.717, 1.165) is 12.4 Å². The number of hydrogen-bond donors (Lipinski definition) is 3. The molecule has 0 radical (unpaired) electrons. The molecule has 0 aliphatic rings. The largest absolute Gasteiger partial charge is 0.396 e. The molecular formula is C11H20N4O. The Hall–Kier alpha value is -1.36. The molecule has 0 aliphatic carbocycles. The van der Waals surface area contributed by atoms with Gasteiger partial charge in [-0.3, -0.25) is 0 Å². The van der Waals surface area contributed by atoms with E-state index in [9.17, 15) is 0 Å². The zero-order chi connectivity index (χ0) is 12.0. The number of aliphatic hydroxyl groups is 1. The molecule has 5 heteroatoms. The number of hydrogen-bond acceptors (Lipinski definition) is 5. The molecule has 16 heavy (non-hydrogen) atoms. The molecule has 0 bridgehead atoms. The molecule has 3 N–H and O–H groups in total. The third-order valence-electron chi connectivity index (χ3n) is 2.51. The Bertz CT molecular complexity index is 319. The molecule has 2 atom stereocenters. The standard InChI is InChI=1S/C11H20N4O/c1-4-12-11-13-6-5-10(15-11)14-9(3)8(2)7-16/h5-6,8-9,16H,4,7H2,1-3H3,(H2,12,13,14,15). The number of aliphatic hydroxyl groups excluding tert-OH is 1. The van der Waals surface area contributed by atoms with Gasteiger partial charge in [0, 0.05) is 25.4 Å². The van der Waals surface area contributed by atoms with Crippen LogP contribution >= 0.6 is 0 Å². The number of anilines is 2.